The predicted octanol–water partition coefficient (Wildman–Crippen LogP) is -0.653. The van der Waals surface area contributed by atoms with E-state index in [0.29, 0.717) is 5.56 Å². The molecule has 0 aliphatic carbocycles. The van der Waals surface area contributed by atoms with E-state index in [1.165, 1.54) is 15.7 Å². The maximum absolute atomic E-state index is 11.8. The number of carbonyl (C=O) groups is 1. The Hall–Kier alpha value is -1.45. The van der Waals surface area contributed by atoms with Crippen LogP contribution in [0.1, 0.15) is 18.2 Å². The summed E-state index contributed by atoms with van der Waals surface area (Å²) >= 11 is 3.08. The maximum atomic E-state index is 11.8. The number of aromatic amines is 1. The Morgan fingerprint density at radius 2 is 2.27 bits per heavy atom. The number of aliphatic hydroxyl groups is 1. The second kappa shape index (κ2) is 6.76. The summed E-state index contributed by atoms with van der Waals surface area (Å²) < 4.78 is 6.94. The van der Waals surface area contributed by atoms with E-state index in [4.69, 9.17) is 4.74 Å². The van der Waals surface area contributed by atoms with Crippen LogP contribution in [0.4, 0.5) is 0 Å². The van der Waals surface area contributed by atoms with Crippen molar-refractivity contribution in [1.82, 2.24) is 14.5 Å². The smallest absolute Gasteiger partial charge is 0.330 e. The predicted molar refractivity (Wildman–Crippen MR) is 82.0 cm³/mol. The summed E-state index contributed by atoms with van der Waals surface area (Å²) in [4.78, 5) is 38.4. The molecular weight excluding hydrogens is 358 g/mol. The fourth-order valence-corrected chi connectivity index (χ4v) is 2.75. The van der Waals surface area contributed by atoms with Gasteiger partial charge < -0.3 is 14.7 Å². The Balaban J connectivity index is 2.14. The summed E-state index contributed by atoms with van der Waals surface area (Å²) in [6.45, 7) is 1.80. The third-order valence-corrected chi connectivity index (χ3v) is 4.13. The summed E-state index contributed by atoms with van der Waals surface area (Å²) in [5.74, 6) is -0.128. The second-order valence-electron chi connectivity index (χ2n) is 5.32. The minimum atomic E-state index is -0.797. The SMILES string of the molecule is Cc1cn([C@H]2C[C@H](O)[C@@H](CN(C)C(=O)CBr)O2)c(=O)[nH]c1=O. The van der Waals surface area contributed by atoms with Crippen molar-refractivity contribution in [2.24, 2.45) is 0 Å². The highest BCUT2D eigenvalue weighted by Crippen LogP contribution is 2.28. The van der Waals surface area contributed by atoms with Crippen molar-refractivity contribution in [2.75, 3.05) is 18.9 Å². The first-order valence-corrected chi connectivity index (χ1v) is 7.91. The Kier molecular flexibility index (Phi) is 5.20. The molecule has 0 saturated carbocycles. The number of alkyl halides is 1. The van der Waals surface area contributed by atoms with E-state index in [2.05, 4.69) is 20.9 Å². The zero-order valence-corrected chi connectivity index (χ0v) is 13.9. The first-order chi connectivity index (χ1) is 10.3. The van der Waals surface area contributed by atoms with Crippen LogP contribution in [0.2, 0.25) is 0 Å². The van der Waals surface area contributed by atoms with Crippen molar-refractivity contribution >= 4 is 21.8 Å². The standard InChI is InChI=1S/C13H18BrN3O5/c1-7-5-17(13(21)15-12(7)20)11-3-8(18)9(22-11)6-16(2)10(19)4-14/h5,8-9,11,18H,3-4,6H2,1-2H3,(H,15,20,21)/t8-,9+,11+/m0/s1. The fourth-order valence-electron chi connectivity index (χ4n) is 2.32. The van der Waals surface area contributed by atoms with E-state index < -0.39 is 29.7 Å². The number of hydrogen-bond acceptors (Lipinski definition) is 5. The number of carbonyl (C=O) groups excluding carboxylic acids is 1. The van der Waals surface area contributed by atoms with Crippen LogP contribution in [0.5, 0.6) is 0 Å². The van der Waals surface area contributed by atoms with Gasteiger partial charge in [-0.3, -0.25) is 19.1 Å². The quantitative estimate of drug-likeness (QED) is 0.680. The van der Waals surface area contributed by atoms with E-state index in [-0.39, 0.29) is 24.2 Å². The van der Waals surface area contributed by atoms with Crippen LogP contribution in [0.3, 0.4) is 0 Å². The largest absolute Gasteiger partial charge is 0.390 e. The van der Waals surface area contributed by atoms with Crippen molar-refractivity contribution in [2.45, 2.75) is 31.8 Å². The normalized spacial score (nSPS) is 24.5. The van der Waals surface area contributed by atoms with Crippen LogP contribution in [0.25, 0.3) is 0 Å². The van der Waals surface area contributed by atoms with Gasteiger partial charge >= 0.3 is 5.69 Å². The lowest BCUT2D eigenvalue weighted by molar-refractivity contribution is -0.129. The van der Waals surface area contributed by atoms with Crippen molar-refractivity contribution in [3.63, 3.8) is 0 Å². The lowest BCUT2D eigenvalue weighted by Crippen LogP contribution is -2.39. The fraction of sp³-hybridized carbons (Fsp3) is 0.615. The van der Waals surface area contributed by atoms with E-state index in [9.17, 15) is 19.5 Å². The van der Waals surface area contributed by atoms with Crippen molar-refractivity contribution in [3.8, 4) is 0 Å². The molecule has 2 N–H and O–H groups in total. The van der Waals surface area contributed by atoms with E-state index >= 15 is 0 Å². The Labute approximate surface area is 134 Å². The van der Waals surface area contributed by atoms with E-state index in [1.54, 1.807) is 14.0 Å². The zero-order valence-electron chi connectivity index (χ0n) is 12.3. The molecule has 1 aromatic rings. The summed E-state index contributed by atoms with van der Waals surface area (Å²) in [6, 6.07) is 0. The lowest BCUT2D eigenvalue weighted by Gasteiger charge is -2.22. The molecule has 0 spiro atoms. The maximum Gasteiger partial charge on any atom is 0.330 e. The highest BCUT2D eigenvalue weighted by Gasteiger charge is 2.36. The number of ether oxygens (including phenoxy) is 1. The average Bonchev–Trinajstić information content (AvgIpc) is 2.82. The highest BCUT2D eigenvalue weighted by atomic mass is 79.9. The molecule has 122 valence electrons. The van der Waals surface area contributed by atoms with Crippen LogP contribution in [-0.4, -0.2) is 56.6 Å². The van der Waals surface area contributed by atoms with Gasteiger partial charge in [0.2, 0.25) is 5.91 Å². The zero-order chi connectivity index (χ0) is 16.4. The molecule has 1 amide bonds. The van der Waals surface area contributed by atoms with Gasteiger partial charge in [0.15, 0.2) is 0 Å². The number of aryl methyl sites for hydroxylation is 1. The molecule has 0 radical (unpaired) electrons. The number of nitrogens with one attached hydrogen (secondary N) is 1. The number of hydrogen-bond donors (Lipinski definition) is 2. The molecule has 1 aliphatic rings. The highest BCUT2D eigenvalue weighted by molar-refractivity contribution is 9.09. The average molecular weight is 376 g/mol. The van der Waals surface area contributed by atoms with Gasteiger partial charge in [0.05, 0.1) is 11.4 Å². The lowest BCUT2D eigenvalue weighted by atomic mass is 10.1. The first kappa shape index (κ1) is 16.9. The Bertz CT molecular complexity index is 670. The molecule has 2 rings (SSSR count). The van der Waals surface area contributed by atoms with Crippen molar-refractivity contribution in [1.29, 1.82) is 0 Å². The monoisotopic (exact) mass is 375 g/mol. The minimum absolute atomic E-state index is 0.128. The first-order valence-electron chi connectivity index (χ1n) is 6.79. The van der Waals surface area contributed by atoms with E-state index in [0.717, 1.165) is 0 Å². The van der Waals surface area contributed by atoms with Crippen LogP contribution in [0.15, 0.2) is 15.8 Å². The van der Waals surface area contributed by atoms with Gasteiger partial charge in [0.25, 0.3) is 5.56 Å². The van der Waals surface area contributed by atoms with Gasteiger partial charge in [0.1, 0.15) is 12.3 Å². The number of rotatable bonds is 4. The van der Waals surface area contributed by atoms with Gasteiger partial charge in [-0.1, -0.05) is 15.9 Å². The van der Waals surface area contributed by atoms with Crippen LogP contribution >= 0.6 is 15.9 Å². The molecule has 0 bridgehead atoms. The number of halogens is 1. The molecule has 9 heteroatoms. The van der Waals surface area contributed by atoms with Gasteiger partial charge in [-0.15, -0.1) is 0 Å². The molecule has 1 saturated heterocycles. The molecule has 2 heterocycles. The molecule has 3 atom stereocenters. The second-order valence-corrected chi connectivity index (χ2v) is 5.88. The molecule has 8 nitrogen and oxygen atoms in total. The summed E-state index contributed by atoms with van der Waals surface area (Å²) in [5, 5.41) is 10.3. The van der Waals surface area contributed by atoms with Crippen LogP contribution in [-0.2, 0) is 9.53 Å². The van der Waals surface area contributed by atoms with Crippen molar-refractivity contribution < 1.29 is 14.6 Å². The third kappa shape index (κ3) is 3.47. The van der Waals surface area contributed by atoms with Gasteiger partial charge in [-0.2, -0.15) is 0 Å². The Morgan fingerprint density at radius 3 is 2.91 bits per heavy atom. The minimum Gasteiger partial charge on any atom is -0.390 e. The molecule has 1 aromatic heterocycles. The number of amides is 1. The molecule has 1 aliphatic heterocycles. The van der Waals surface area contributed by atoms with Gasteiger partial charge in [-0.25, -0.2) is 4.79 Å². The molecule has 0 aromatic carbocycles. The van der Waals surface area contributed by atoms with Crippen LogP contribution in [0, 0.1) is 6.92 Å². The molecular formula is C13H18BrN3O5. The van der Waals surface area contributed by atoms with Crippen molar-refractivity contribution in [3.05, 3.63) is 32.6 Å². The summed E-state index contributed by atoms with van der Waals surface area (Å²) in [5.41, 5.74) is -0.648. The van der Waals surface area contributed by atoms with E-state index in [1.807, 2.05) is 0 Å². The number of aliphatic hydroxyl groups excluding tert-OH is 1. The van der Waals surface area contributed by atoms with Crippen LogP contribution < -0.4 is 11.2 Å². The van der Waals surface area contributed by atoms with Gasteiger partial charge in [-0.05, 0) is 6.92 Å². The molecule has 1 fully saturated rings. The van der Waals surface area contributed by atoms with Gasteiger partial charge in [0, 0.05) is 31.8 Å². The number of nitrogens with zero attached hydrogens (tertiary/aromatic N) is 2. The Morgan fingerprint density at radius 1 is 1.59 bits per heavy atom. The third-order valence-electron chi connectivity index (χ3n) is 3.65. The summed E-state index contributed by atoms with van der Waals surface area (Å²) in [7, 11) is 1.61. The summed E-state index contributed by atoms with van der Waals surface area (Å²) in [6.07, 6.45) is -0.428. The topological polar surface area (TPSA) is 105 Å². The number of H-pyrrole nitrogens is 1. The number of likely N-dealkylation sites (N-methyl/N-ethyl adjacent to an activating group) is 1. The molecule has 0 unspecified atom stereocenters. The molecule has 22 heavy (non-hydrogen) atoms. The number of aromatic nitrogens is 2.